The highest BCUT2D eigenvalue weighted by molar-refractivity contribution is 6.11. The molecule has 2 rings (SSSR count). The Morgan fingerprint density at radius 1 is 1.45 bits per heavy atom. The average molecular weight is 281 g/mol. The van der Waals surface area contributed by atoms with E-state index in [4.69, 9.17) is 9.84 Å². The number of Topliss-reactive ketones (excluding diaryl/α,β-unsaturated/α-hetero) is 2. The van der Waals surface area contributed by atoms with Crippen LogP contribution in [0.25, 0.3) is 0 Å². The minimum atomic E-state index is -1.46. The van der Waals surface area contributed by atoms with Gasteiger partial charge in [-0.05, 0) is 13.3 Å². The van der Waals surface area contributed by atoms with Gasteiger partial charge in [-0.3, -0.25) is 9.59 Å². The summed E-state index contributed by atoms with van der Waals surface area (Å²) in [6.07, 6.45) is 3.15. The van der Waals surface area contributed by atoms with Gasteiger partial charge in [0.05, 0.1) is 12.7 Å². The Bertz CT molecular complexity index is 488. The van der Waals surface area contributed by atoms with Crippen molar-refractivity contribution in [2.45, 2.75) is 44.9 Å². The highest BCUT2D eigenvalue weighted by Crippen LogP contribution is 2.38. The Labute approximate surface area is 116 Å². The molecule has 0 bridgehead atoms. The van der Waals surface area contributed by atoms with E-state index in [9.17, 15) is 9.59 Å². The van der Waals surface area contributed by atoms with Gasteiger partial charge in [0.15, 0.2) is 17.2 Å². The number of ether oxygens (including phenoxy) is 1. The molecule has 1 aromatic heterocycles. The third kappa shape index (κ3) is 2.51. The zero-order valence-corrected chi connectivity index (χ0v) is 11.7. The highest BCUT2D eigenvalue weighted by Gasteiger charge is 2.55. The lowest BCUT2D eigenvalue weighted by Crippen LogP contribution is -2.52. The first-order valence-electron chi connectivity index (χ1n) is 6.68. The molecule has 0 radical (unpaired) electrons. The molecular formula is C13H19N3O4. The summed E-state index contributed by atoms with van der Waals surface area (Å²) in [6, 6.07) is 0. The molecule has 110 valence electrons. The van der Waals surface area contributed by atoms with E-state index >= 15 is 0 Å². The first-order valence-corrected chi connectivity index (χ1v) is 6.68. The van der Waals surface area contributed by atoms with E-state index in [0.717, 1.165) is 0 Å². The Balaban J connectivity index is 2.27. The van der Waals surface area contributed by atoms with Crippen molar-refractivity contribution in [1.82, 2.24) is 14.8 Å². The molecule has 1 aliphatic rings. The molecule has 2 heterocycles. The molecule has 0 aliphatic carbocycles. The van der Waals surface area contributed by atoms with Gasteiger partial charge in [-0.25, -0.2) is 9.67 Å². The predicted molar refractivity (Wildman–Crippen MR) is 68.8 cm³/mol. The number of aliphatic hydroxyl groups excluding tert-OH is 1. The summed E-state index contributed by atoms with van der Waals surface area (Å²) in [5, 5.41) is 12.9. The van der Waals surface area contributed by atoms with Crippen molar-refractivity contribution in [2.24, 2.45) is 5.92 Å². The van der Waals surface area contributed by atoms with Gasteiger partial charge in [0.25, 0.3) is 0 Å². The number of carbonyl (C=O) groups is 2. The van der Waals surface area contributed by atoms with Crippen LogP contribution in [0.3, 0.4) is 0 Å². The lowest BCUT2D eigenvalue weighted by atomic mass is 9.80. The standard InChI is InChI=1S/C13H19N3O4/c1-9-5-10(2)20-13(9,11(18)3-4-17)12(19)6-16-8-14-7-15-16/h7-10,17H,3-6H2,1-2H3. The van der Waals surface area contributed by atoms with Gasteiger partial charge >= 0.3 is 0 Å². The SMILES string of the molecule is CC1CC(C)C(C(=O)CCO)(C(=O)Cn2cncn2)O1. The molecule has 0 aromatic carbocycles. The van der Waals surface area contributed by atoms with Gasteiger partial charge in [-0.1, -0.05) is 6.92 Å². The summed E-state index contributed by atoms with van der Waals surface area (Å²) in [7, 11) is 0. The molecular weight excluding hydrogens is 262 g/mol. The lowest BCUT2D eigenvalue weighted by molar-refractivity contribution is -0.160. The second-order valence-electron chi connectivity index (χ2n) is 5.21. The molecule has 3 atom stereocenters. The zero-order chi connectivity index (χ0) is 14.8. The maximum Gasteiger partial charge on any atom is 0.193 e. The zero-order valence-electron chi connectivity index (χ0n) is 11.7. The minimum Gasteiger partial charge on any atom is -0.396 e. The second-order valence-corrected chi connectivity index (χ2v) is 5.21. The molecule has 0 saturated carbocycles. The smallest absolute Gasteiger partial charge is 0.193 e. The monoisotopic (exact) mass is 281 g/mol. The summed E-state index contributed by atoms with van der Waals surface area (Å²) >= 11 is 0. The van der Waals surface area contributed by atoms with Gasteiger partial charge < -0.3 is 9.84 Å². The molecule has 1 saturated heterocycles. The summed E-state index contributed by atoms with van der Waals surface area (Å²) in [4.78, 5) is 28.7. The van der Waals surface area contributed by atoms with Crippen LogP contribution in [-0.4, -0.2) is 49.7 Å². The van der Waals surface area contributed by atoms with Crippen molar-refractivity contribution in [3.8, 4) is 0 Å². The molecule has 3 unspecified atom stereocenters. The van der Waals surface area contributed by atoms with Crippen molar-refractivity contribution in [3.05, 3.63) is 12.7 Å². The minimum absolute atomic E-state index is 0.0613. The Morgan fingerprint density at radius 2 is 2.20 bits per heavy atom. The van der Waals surface area contributed by atoms with Gasteiger partial charge in [0.1, 0.15) is 19.2 Å². The fourth-order valence-electron chi connectivity index (χ4n) is 2.85. The molecule has 0 spiro atoms. The molecule has 1 N–H and O–H groups in total. The Hall–Kier alpha value is -1.60. The topological polar surface area (TPSA) is 94.3 Å². The third-order valence-electron chi connectivity index (χ3n) is 3.71. The Morgan fingerprint density at radius 3 is 2.70 bits per heavy atom. The van der Waals surface area contributed by atoms with Crippen molar-refractivity contribution < 1.29 is 19.4 Å². The maximum absolute atomic E-state index is 12.6. The quantitative estimate of drug-likeness (QED) is 0.737. The van der Waals surface area contributed by atoms with Crippen molar-refractivity contribution in [2.75, 3.05) is 6.61 Å². The molecule has 7 nitrogen and oxygen atoms in total. The van der Waals surface area contributed by atoms with Crippen LogP contribution in [0.15, 0.2) is 12.7 Å². The first-order chi connectivity index (χ1) is 9.50. The normalized spacial score (nSPS) is 29.6. The van der Waals surface area contributed by atoms with Crippen LogP contribution in [0.2, 0.25) is 0 Å². The summed E-state index contributed by atoms with van der Waals surface area (Å²) < 4.78 is 7.08. The fourth-order valence-corrected chi connectivity index (χ4v) is 2.85. The number of carbonyl (C=O) groups excluding carboxylic acids is 2. The summed E-state index contributed by atoms with van der Waals surface area (Å²) in [5.41, 5.74) is -1.46. The van der Waals surface area contributed by atoms with Gasteiger partial charge in [0, 0.05) is 12.3 Å². The second kappa shape index (κ2) is 5.80. The van der Waals surface area contributed by atoms with Gasteiger partial charge in [0.2, 0.25) is 0 Å². The van der Waals surface area contributed by atoms with E-state index in [1.54, 1.807) is 0 Å². The number of ketones is 2. The van der Waals surface area contributed by atoms with E-state index in [1.807, 2.05) is 13.8 Å². The molecule has 1 fully saturated rings. The number of aliphatic hydroxyl groups is 1. The molecule has 0 amide bonds. The molecule has 20 heavy (non-hydrogen) atoms. The van der Waals surface area contributed by atoms with Crippen LogP contribution in [0.5, 0.6) is 0 Å². The van der Waals surface area contributed by atoms with E-state index < -0.39 is 5.60 Å². The number of aromatic nitrogens is 3. The predicted octanol–water partition coefficient (Wildman–Crippen LogP) is -0.0176. The van der Waals surface area contributed by atoms with Crippen LogP contribution in [-0.2, 0) is 20.9 Å². The van der Waals surface area contributed by atoms with E-state index in [1.165, 1.54) is 17.3 Å². The van der Waals surface area contributed by atoms with Crippen LogP contribution < -0.4 is 0 Å². The Kier molecular flexibility index (Phi) is 4.29. The van der Waals surface area contributed by atoms with Crippen LogP contribution >= 0.6 is 0 Å². The number of hydrogen-bond donors (Lipinski definition) is 1. The van der Waals surface area contributed by atoms with E-state index in [-0.39, 0.29) is 43.2 Å². The fraction of sp³-hybridized carbons (Fsp3) is 0.692. The largest absolute Gasteiger partial charge is 0.396 e. The molecule has 1 aromatic rings. The van der Waals surface area contributed by atoms with Gasteiger partial charge in [-0.15, -0.1) is 0 Å². The van der Waals surface area contributed by atoms with Gasteiger partial charge in [-0.2, -0.15) is 5.10 Å². The van der Waals surface area contributed by atoms with Crippen molar-refractivity contribution in [1.29, 1.82) is 0 Å². The van der Waals surface area contributed by atoms with Crippen molar-refractivity contribution in [3.63, 3.8) is 0 Å². The molecule has 1 aliphatic heterocycles. The van der Waals surface area contributed by atoms with E-state index in [0.29, 0.717) is 6.42 Å². The van der Waals surface area contributed by atoms with Crippen LogP contribution in [0, 0.1) is 5.92 Å². The van der Waals surface area contributed by atoms with Crippen LogP contribution in [0.4, 0.5) is 0 Å². The lowest BCUT2D eigenvalue weighted by Gasteiger charge is -2.29. The highest BCUT2D eigenvalue weighted by atomic mass is 16.5. The summed E-state index contributed by atoms with van der Waals surface area (Å²) in [5.74, 6) is -0.909. The third-order valence-corrected chi connectivity index (χ3v) is 3.71. The van der Waals surface area contributed by atoms with Crippen LogP contribution in [0.1, 0.15) is 26.7 Å². The number of nitrogens with zero attached hydrogens (tertiary/aromatic N) is 3. The maximum atomic E-state index is 12.6. The summed E-state index contributed by atoms with van der Waals surface area (Å²) in [6.45, 7) is 3.32. The molecule has 7 heteroatoms. The van der Waals surface area contributed by atoms with E-state index in [2.05, 4.69) is 10.1 Å². The first kappa shape index (κ1) is 14.8. The average Bonchev–Trinajstić information content (AvgIpc) is 2.97. The van der Waals surface area contributed by atoms with Crippen molar-refractivity contribution >= 4 is 11.6 Å². The number of hydrogen-bond acceptors (Lipinski definition) is 6. The number of rotatable bonds is 6.